The monoisotopic (exact) mass is 297 g/mol. The number of hydrogen-bond donors (Lipinski definition) is 0. The van der Waals surface area contributed by atoms with E-state index in [4.69, 9.17) is 4.74 Å². The molecule has 1 atom stereocenters. The van der Waals surface area contributed by atoms with Crippen molar-refractivity contribution in [2.24, 2.45) is 5.92 Å². The zero-order chi connectivity index (χ0) is 15.9. The molecule has 1 amide bonds. The van der Waals surface area contributed by atoms with Gasteiger partial charge in [-0.05, 0) is 27.2 Å². The predicted molar refractivity (Wildman–Crippen MR) is 84.3 cm³/mol. The summed E-state index contributed by atoms with van der Waals surface area (Å²) in [7, 11) is 0. The Morgan fingerprint density at radius 1 is 1.24 bits per heavy atom. The quantitative estimate of drug-likeness (QED) is 0.691. The van der Waals surface area contributed by atoms with Crippen LogP contribution in [0.4, 0.5) is 4.79 Å². The van der Waals surface area contributed by atoms with Crippen LogP contribution in [0.5, 0.6) is 0 Å². The van der Waals surface area contributed by atoms with Crippen LogP contribution in [0.2, 0.25) is 0 Å². The van der Waals surface area contributed by atoms with Crippen LogP contribution in [0.15, 0.2) is 0 Å². The highest BCUT2D eigenvalue weighted by Gasteiger charge is 2.31. The summed E-state index contributed by atoms with van der Waals surface area (Å²) in [5.74, 6) is 0.318. The normalized spacial score (nSPS) is 19.7. The first-order chi connectivity index (χ1) is 9.83. The Hall–Kier alpha value is -1.06. The second-order valence-corrected chi connectivity index (χ2v) is 7.04. The van der Waals surface area contributed by atoms with Crippen LogP contribution < -0.4 is 0 Å². The van der Waals surface area contributed by atoms with E-state index in [2.05, 4.69) is 6.92 Å². The molecule has 0 aromatic heterocycles. The number of likely N-dealkylation sites (tertiary alicyclic amines) is 1. The van der Waals surface area contributed by atoms with E-state index in [9.17, 15) is 9.59 Å². The number of amides is 1. The van der Waals surface area contributed by atoms with Gasteiger partial charge in [0, 0.05) is 25.4 Å². The first-order valence-corrected chi connectivity index (χ1v) is 8.34. The molecule has 0 aromatic carbocycles. The lowest BCUT2D eigenvalue weighted by atomic mass is 9.91. The number of Topliss-reactive ketones (excluding diaryl/α,β-unsaturated/α-hetero) is 1. The van der Waals surface area contributed by atoms with Gasteiger partial charge >= 0.3 is 6.09 Å². The van der Waals surface area contributed by atoms with Gasteiger partial charge in [-0.1, -0.05) is 39.0 Å². The van der Waals surface area contributed by atoms with Crippen molar-refractivity contribution >= 4 is 11.9 Å². The Kier molecular flexibility index (Phi) is 7.20. The fourth-order valence-corrected chi connectivity index (χ4v) is 2.65. The second kappa shape index (κ2) is 8.40. The summed E-state index contributed by atoms with van der Waals surface area (Å²) in [5, 5.41) is 0. The van der Waals surface area contributed by atoms with Crippen LogP contribution in [0.1, 0.15) is 72.6 Å². The fraction of sp³-hybridized carbons (Fsp3) is 0.882. The highest BCUT2D eigenvalue weighted by atomic mass is 16.6. The van der Waals surface area contributed by atoms with Crippen LogP contribution in [0.25, 0.3) is 0 Å². The molecule has 0 aliphatic carbocycles. The minimum absolute atomic E-state index is 0.00731. The van der Waals surface area contributed by atoms with E-state index >= 15 is 0 Å². The van der Waals surface area contributed by atoms with E-state index < -0.39 is 5.60 Å². The van der Waals surface area contributed by atoms with Crippen LogP contribution in [-0.2, 0) is 9.53 Å². The summed E-state index contributed by atoms with van der Waals surface area (Å²) < 4.78 is 5.39. The number of carbonyl (C=O) groups is 2. The molecule has 0 saturated carbocycles. The maximum absolute atomic E-state index is 12.1. The van der Waals surface area contributed by atoms with E-state index in [1.807, 2.05) is 20.8 Å². The topological polar surface area (TPSA) is 46.6 Å². The van der Waals surface area contributed by atoms with Gasteiger partial charge in [0.15, 0.2) is 0 Å². The summed E-state index contributed by atoms with van der Waals surface area (Å²) >= 11 is 0. The van der Waals surface area contributed by atoms with Crippen LogP contribution in [-0.4, -0.2) is 35.5 Å². The van der Waals surface area contributed by atoms with E-state index in [-0.39, 0.29) is 12.0 Å². The molecule has 122 valence electrons. The number of unbranched alkanes of at least 4 members (excludes halogenated alkanes) is 4. The van der Waals surface area contributed by atoms with Gasteiger partial charge in [0.05, 0.1) is 0 Å². The predicted octanol–water partition coefficient (Wildman–Crippen LogP) is 4.17. The second-order valence-electron chi connectivity index (χ2n) is 7.04. The molecular weight excluding hydrogens is 266 g/mol. The largest absolute Gasteiger partial charge is 0.444 e. The summed E-state index contributed by atoms with van der Waals surface area (Å²) in [4.78, 5) is 25.8. The number of ketones is 1. The maximum atomic E-state index is 12.1. The van der Waals surface area contributed by atoms with Crippen molar-refractivity contribution in [2.75, 3.05) is 13.1 Å². The average molecular weight is 297 g/mol. The molecule has 21 heavy (non-hydrogen) atoms. The number of rotatable bonds is 6. The maximum Gasteiger partial charge on any atom is 0.410 e. The number of carbonyl (C=O) groups excluding carboxylic acids is 2. The van der Waals surface area contributed by atoms with Crippen molar-refractivity contribution in [3.63, 3.8) is 0 Å². The van der Waals surface area contributed by atoms with Crippen LogP contribution >= 0.6 is 0 Å². The molecule has 0 spiro atoms. The summed E-state index contributed by atoms with van der Waals surface area (Å²) in [6.07, 6.45) is 7.10. The van der Waals surface area contributed by atoms with Gasteiger partial charge < -0.3 is 9.64 Å². The van der Waals surface area contributed by atoms with Crippen LogP contribution in [0, 0.1) is 5.92 Å². The highest BCUT2D eigenvalue weighted by molar-refractivity contribution is 5.84. The molecule has 1 aliphatic rings. The molecule has 4 nitrogen and oxygen atoms in total. The molecule has 1 unspecified atom stereocenters. The SMILES string of the molecule is CCCCCCCC1CN(C(=O)OC(C)(C)C)CCC1=O. The molecule has 0 N–H and O–H groups in total. The minimum Gasteiger partial charge on any atom is -0.444 e. The lowest BCUT2D eigenvalue weighted by Gasteiger charge is -2.33. The van der Waals surface area contributed by atoms with Crippen molar-refractivity contribution in [3.8, 4) is 0 Å². The van der Waals surface area contributed by atoms with Gasteiger partial charge in [-0.15, -0.1) is 0 Å². The number of nitrogens with zero attached hydrogens (tertiary/aromatic N) is 1. The van der Waals surface area contributed by atoms with Gasteiger partial charge in [0.2, 0.25) is 0 Å². The molecule has 1 aliphatic heterocycles. The Labute approximate surface area is 129 Å². The van der Waals surface area contributed by atoms with E-state index in [1.54, 1.807) is 4.90 Å². The molecule has 0 radical (unpaired) electrons. The Balaban J connectivity index is 2.39. The molecule has 0 bridgehead atoms. The van der Waals surface area contributed by atoms with Crippen molar-refractivity contribution in [1.29, 1.82) is 0 Å². The van der Waals surface area contributed by atoms with Gasteiger partial charge in [0.25, 0.3) is 0 Å². The third-order valence-corrected chi connectivity index (χ3v) is 3.83. The first-order valence-electron chi connectivity index (χ1n) is 8.34. The molecule has 1 rings (SSSR count). The molecular formula is C17H31NO3. The zero-order valence-corrected chi connectivity index (χ0v) is 14.1. The molecule has 4 heteroatoms. The van der Waals surface area contributed by atoms with Gasteiger partial charge in [-0.3, -0.25) is 4.79 Å². The fourth-order valence-electron chi connectivity index (χ4n) is 2.65. The molecule has 1 heterocycles. The van der Waals surface area contributed by atoms with Gasteiger partial charge in [-0.25, -0.2) is 4.79 Å². The molecule has 0 aromatic rings. The lowest BCUT2D eigenvalue weighted by Crippen LogP contribution is -2.46. The minimum atomic E-state index is -0.478. The third kappa shape index (κ3) is 6.96. The first kappa shape index (κ1) is 18.0. The highest BCUT2D eigenvalue weighted by Crippen LogP contribution is 2.21. The lowest BCUT2D eigenvalue weighted by molar-refractivity contribution is -0.126. The van der Waals surface area contributed by atoms with E-state index in [1.165, 1.54) is 25.7 Å². The van der Waals surface area contributed by atoms with Gasteiger partial charge in [-0.2, -0.15) is 0 Å². The summed E-state index contributed by atoms with van der Waals surface area (Å²) in [6.45, 7) is 8.83. The Bertz CT molecular complexity index is 346. The smallest absolute Gasteiger partial charge is 0.410 e. The molecule has 1 fully saturated rings. The average Bonchev–Trinajstić information content (AvgIpc) is 2.38. The van der Waals surface area contributed by atoms with E-state index in [0.29, 0.717) is 25.3 Å². The van der Waals surface area contributed by atoms with E-state index in [0.717, 1.165) is 12.8 Å². The van der Waals surface area contributed by atoms with Crippen molar-refractivity contribution in [2.45, 2.75) is 78.2 Å². The standard InChI is InChI=1S/C17H31NO3/c1-5-6-7-8-9-10-14-13-18(12-11-15(14)19)16(20)21-17(2,3)4/h14H,5-13H2,1-4H3. The number of hydrogen-bond acceptors (Lipinski definition) is 3. The number of piperidine rings is 1. The van der Waals surface area contributed by atoms with Crippen molar-refractivity contribution in [1.82, 2.24) is 4.90 Å². The number of ether oxygens (including phenoxy) is 1. The Morgan fingerprint density at radius 2 is 1.90 bits per heavy atom. The van der Waals surface area contributed by atoms with Crippen LogP contribution in [0.3, 0.4) is 0 Å². The third-order valence-electron chi connectivity index (χ3n) is 3.83. The Morgan fingerprint density at radius 3 is 2.52 bits per heavy atom. The van der Waals surface area contributed by atoms with Gasteiger partial charge in [0.1, 0.15) is 11.4 Å². The molecule has 1 saturated heterocycles. The van der Waals surface area contributed by atoms with Crippen molar-refractivity contribution in [3.05, 3.63) is 0 Å². The summed E-state index contributed by atoms with van der Waals surface area (Å²) in [5.41, 5.74) is -0.478. The summed E-state index contributed by atoms with van der Waals surface area (Å²) in [6, 6.07) is 0. The zero-order valence-electron chi connectivity index (χ0n) is 14.1. The van der Waals surface area contributed by atoms with Crippen molar-refractivity contribution < 1.29 is 14.3 Å².